The molecule has 0 saturated heterocycles. The van der Waals surface area contributed by atoms with Crippen molar-refractivity contribution >= 4 is 37.4 Å². The molecule has 1 aromatic carbocycles. The number of alkyl halides is 1. The van der Waals surface area contributed by atoms with E-state index in [-0.39, 0.29) is 6.61 Å². The summed E-state index contributed by atoms with van der Waals surface area (Å²) in [7, 11) is 0. The first-order chi connectivity index (χ1) is 6.76. The van der Waals surface area contributed by atoms with Crippen molar-refractivity contribution in [1.29, 1.82) is 0 Å². The van der Waals surface area contributed by atoms with Gasteiger partial charge in [0, 0.05) is 10.0 Å². The van der Waals surface area contributed by atoms with E-state index in [4.69, 9.17) is 0 Å². The van der Waals surface area contributed by atoms with Crippen LogP contribution in [-0.4, -0.2) is 5.11 Å². The molecule has 1 aromatic heterocycles. The van der Waals surface area contributed by atoms with E-state index >= 15 is 0 Å². The number of benzene rings is 1. The molecule has 0 unspecified atom stereocenters. The summed E-state index contributed by atoms with van der Waals surface area (Å²) in [5.74, 6) is 0. The average molecular weight is 271 g/mol. The van der Waals surface area contributed by atoms with Crippen LogP contribution in [0.15, 0.2) is 17.5 Å². The van der Waals surface area contributed by atoms with Crippen LogP contribution in [0.3, 0.4) is 0 Å². The molecule has 0 aliphatic carbocycles. The van der Waals surface area contributed by atoms with E-state index in [0.29, 0.717) is 0 Å². The zero-order valence-corrected chi connectivity index (χ0v) is 10.3. The zero-order chi connectivity index (χ0) is 10.1. The Hall–Kier alpha value is -0.380. The Morgan fingerprint density at radius 3 is 2.86 bits per heavy atom. The van der Waals surface area contributed by atoms with E-state index in [1.807, 2.05) is 0 Å². The third kappa shape index (κ3) is 1.60. The molecule has 14 heavy (non-hydrogen) atoms. The van der Waals surface area contributed by atoms with Crippen molar-refractivity contribution in [3.8, 4) is 0 Å². The second-order valence-electron chi connectivity index (χ2n) is 3.34. The molecule has 0 amide bonds. The Morgan fingerprint density at radius 1 is 1.43 bits per heavy atom. The van der Waals surface area contributed by atoms with Gasteiger partial charge in [0.05, 0.1) is 6.61 Å². The summed E-state index contributed by atoms with van der Waals surface area (Å²) in [5.41, 5.74) is 3.56. The van der Waals surface area contributed by atoms with Gasteiger partial charge in [-0.15, -0.1) is 11.3 Å². The van der Waals surface area contributed by atoms with E-state index in [0.717, 1.165) is 10.9 Å². The zero-order valence-electron chi connectivity index (χ0n) is 7.88. The molecule has 1 nitrogen and oxygen atoms in total. The van der Waals surface area contributed by atoms with Gasteiger partial charge in [0.2, 0.25) is 0 Å². The van der Waals surface area contributed by atoms with E-state index < -0.39 is 0 Å². The molecule has 0 radical (unpaired) electrons. The molecule has 0 spiro atoms. The third-order valence-electron chi connectivity index (χ3n) is 2.33. The monoisotopic (exact) mass is 270 g/mol. The molecular weight excluding hydrogens is 260 g/mol. The van der Waals surface area contributed by atoms with Crippen LogP contribution in [0, 0.1) is 6.92 Å². The van der Waals surface area contributed by atoms with Gasteiger partial charge in [-0.2, -0.15) is 0 Å². The van der Waals surface area contributed by atoms with Crippen LogP contribution in [0.5, 0.6) is 0 Å². The Labute approximate surface area is 95.5 Å². The molecular formula is C11H11BrOS. The molecule has 0 saturated carbocycles. The lowest BCUT2D eigenvalue weighted by Gasteiger charge is -2.03. The highest BCUT2D eigenvalue weighted by Crippen LogP contribution is 2.30. The minimum absolute atomic E-state index is 0.122. The van der Waals surface area contributed by atoms with Crippen LogP contribution >= 0.6 is 27.3 Å². The molecule has 2 aromatic rings. The van der Waals surface area contributed by atoms with E-state index in [9.17, 15) is 5.11 Å². The Kier molecular flexibility index (Phi) is 2.91. The van der Waals surface area contributed by atoms with Gasteiger partial charge in [0.15, 0.2) is 0 Å². The minimum Gasteiger partial charge on any atom is -0.392 e. The van der Waals surface area contributed by atoms with Gasteiger partial charge in [-0.05, 0) is 40.4 Å². The maximum atomic E-state index is 9.26. The summed E-state index contributed by atoms with van der Waals surface area (Å²) >= 11 is 5.15. The summed E-state index contributed by atoms with van der Waals surface area (Å²) in [4.78, 5) is 0. The number of halogens is 1. The summed E-state index contributed by atoms with van der Waals surface area (Å²) < 4.78 is 1.22. The largest absolute Gasteiger partial charge is 0.392 e. The van der Waals surface area contributed by atoms with Gasteiger partial charge in [-0.25, -0.2) is 0 Å². The summed E-state index contributed by atoms with van der Waals surface area (Å²) in [6.07, 6.45) is 0. The lowest BCUT2D eigenvalue weighted by molar-refractivity contribution is 0.283. The molecule has 0 aliphatic rings. The first-order valence-corrected chi connectivity index (χ1v) is 6.42. The molecule has 2 rings (SSSR count). The van der Waals surface area contributed by atoms with Gasteiger partial charge in [0.1, 0.15) is 0 Å². The van der Waals surface area contributed by atoms with E-state index in [2.05, 4.69) is 40.4 Å². The molecule has 1 heterocycles. The van der Waals surface area contributed by atoms with Crippen LogP contribution in [0.1, 0.15) is 16.7 Å². The minimum atomic E-state index is 0.122. The van der Waals surface area contributed by atoms with Gasteiger partial charge < -0.3 is 5.11 Å². The second kappa shape index (κ2) is 4.01. The average Bonchev–Trinajstić information content (AvgIpc) is 2.59. The quantitative estimate of drug-likeness (QED) is 0.827. The molecule has 0 bridgehead atoms. The standard InChI is InChI=1S/C11H11BrOS/c1-7-6-14-11-9(5-13)2-8(4-12)3-10(7)11/h2-3,6,13H,4-5H2,1H3. The van der Waals surface area contributed by atoms with Crippen LogP contribution < -0.4 is 0 Å². The molecule has 0 atom stereocenters. The number of rotatable bonds is 2. The SMILES string of the molecule is Cc1csc2c(CO)cc(CBr)cc12. The Bertz CT molecular complexity index is 462. The fourth-order valence-corrected chi connectivity index (χ4v) is 2.96. The smallest absolute Gasteiger partial charge is 0.0695 e. The van der Waals surface area contributed by atoms with Crippen LogP contribution in [0.2, 0.25) is 0 Å². The van der Waals surface area contributed by atoms with E-state index in [1.54, 1.807) is 11.3 Å². The van der Waals surface area contributed by atoms with Crippen molar-refractivity contribution in [1.82, 2.24) is 0 Å². The van der Waals surface area contributed by atoms with Gasteiger partial charge in [-0.3, -0.25) is 0 Å². The van der Waals surface area contributed by atoms with Crippen molar-refractivity contribution in [3.63, 3.8) is 0 Å². The fourth-order valence-electron chi connectivity index (χ4n) is 1.59. The molecule has 1 N–H and O–H groups in total. The van der Waals surface area contributed by atoms with Crippen molar-refractivity contribution < 1.29 is 5.11 Å². The van der Waals surface area contributed by atoms with Crippen molar-refractivity contribution in [3.05, 3.63) is 34.2 Å². The van der Waals surface area contributed by atoms with Gasteiger partial charge in [-0.1, -0.05) is 22.0 Å². The van der Waals surface area contributed by atoms with Gasteiger partial charge in [0.25, 0.3) is 0 Å². The van der Waals surface area contributed by atoms with Crippen LogP contribution in [0.4, 0.5) is 0 Å². The predicted octanol–water partition coefficient (Wildman–Crippen LogP) is 3.60. The number of fused-ring (bicyclic) bond motifs is 1. The maximum absolute atomic E-state index is 9.26. The first kappa shape index (κ1) is 10.1. The lowest BCUT2D eigenvalue weighted by atomic mass is 10.1. The highest BCUT2D eigenvalue weighted by atomic mass is 79.9. The third-order valence-corrected chi connectivity index (χ3v) is 4.17. The first-order valence-electron chi connectivity index (χ1n) is 4.42. The normalized spacial score (nSPS) is 11.1. The lowest BCUT2D eigenvalue weighted by Crippen LogP contribution is -1.87. The highest BCUT2D eigenvalue weighted by Gasteiger charge is 2.06. The number of aliphatic hydroxyl groups is 1. The fraction of sp³-hybridized carbons (Fsp3) is 0.273. The summed E-state index contributed by atoms with van der Waals surface area (Å²) in [5, 5.41) is 13.5. The van der Waals surface area contributed by atoms with Crippen molar-refractivity contribution in [2.24, 2.45) is 0 Å². The number of hydrogen-bond donors (Lipinski definition) is 1. The number of aliphatic hydroxyl groups excluding tert-OH is 1. The number of hydrogen-bond acceptors (Lipinski definition) is 2. The molecule has 74 valence electrons. The van der Waals surface area contributed by atoms with Crippen LogP contribution in [0.25, 0.3) is 10.1 Å². The molecule has 0 aliphatic heterocycles. The number of thiophene rings is 1. The molecule has 3 heteroatoms. The Morgan fingerprint density at radius 2 is 2.21 bits per heavy atom. The molecule has 0 fully saturated rings. The van der Waals surface area contributed by atoms with Crippen molar-refractivity contribution in [2.45, 2.75) is 18.9 Å². The van der Waals surface area contributed by atoms with Gasteiger partial charge >= 0.3 is 0 Å². The number of aryl methyl sites for hydroxylation is 1. The summed E-state index contributed by atoms with van der Waals surface area (Å²) in [6.45, 7) is 2.23. The van der Waals surface area contributed by atoms with E-state index in [1.165, 1.54) is 21.2 Å². The maximum Gasteiger partial charge on any atom is 0.0695 e. The van der Waals surface area contributed by atoms with Crippen LogP contribution in [-0.2, 0) is 11.9 Å². The second-order valence-corrected chi connectivity index (χ2v) is 4.78. The predicted molar refractivity (Wildman–Crippen MR) is 65.1 cm³/mol. The topological polar surface area (TPSA) is 20.2 Å². The summed E-state index contributed by atoms with van der Waals surface area (Å²) in [6, 6.07) is 4.25. The highest BCUT2D eigenvalue weighted by molar-refractivity contribution is 9.08. The Balaban J connectivity index is 2.76. The van der Waals surface area contributed by atoms with Crippen molar-refractivity contribution in [2.75, 3.05) is 0 Å².